The van der Waals surface area contributed by atoms with Gasteiger partial charge in [0.15, 0.2) is 3.92 Å². The number of fused-ring (bicyclic) bond motifs is 1. The van der Waals surface area contributed by atoms with Gasteiger partial charge in [-0.2, -0.15) is 0 Å². The summed E-state index contributed by atoms with van der Waals surface area (Å²) in [5.74, 6) is 0.0844. The summed E-state index contributed by atoms with van der Waals surface area (Å²) in [6.45, 7) is 1.58. The Bertz CT molecular complexity index is 662. The van der Waals surface area contributed by atoms with Crippen LogP contribution >= 0.6 is 27.3 Å². The molecule has 1 aliphatic rings. The van der Waals surface area contributed by atoms with E-state index in [9.17, 15) is 4.79 Å². The van der Waals surface area contributed by atoms with E-state index in [1.165, 1.54) is 7.11 Å². The van der Waals surface area contributed by atoms with E-state index in [0.717, 1.165) is 52.2 Å². The van der Waals surface area contributed by atoms with Gasteiger partial charge < -0.3 is 9.47 Å². The summed E-state index contributed by atoms with van der Waals surface area (Å²) in [6, 6.07) is 3.80. The van der Waals surface area contributed by atoms with Crippen LogP contribution in [0.3, 0.4) is 0 Å². The van der Waals surface area contributed by atoms with Crippen LogP contribution in [0.1, 0.15) is 41.1 Å². The van der Waals surface area contributed by atoms with Crippen molar-refractivity contribution >= 4 is 43.5 Å². The molecule has 2 aromatic rings. The van der Waals surface area contributed by atoms with E-state index in [1.54, 1.807) is 11.3 Å². The van der Waals surface area contributed by atoms with Crippen molar-refractivity contribution in [1.82, 2.24) is 4.98 Å². The van der Waals surface area contributed by atoms with Crippen LogP contribution < -0.4 is 0 Å². The monoisotopic (exact) mass is 369 g/mol. The number of halogens is 1. The Hall–Kier alpha value is -0.980. The SMILES string of the molecule is COC(=O)c1cc(C2CCCOCC2)c2nc(Br)sc2c1. The number of hydrogen-bond acceptors (Lipinski definition) is 5. The minimum Gasteiger partial charge on any atom is -0.465 e. The van der Waals surface area contributed by atoms with Crippen LogP contribution in [-0.2, 0) is 9.47 Å². The van der Waals surface area contributed by atoms with E-state index >= 15 is 0 Å². The molecule has 0 amide bonds. The molecule has 6 heteroatoms. The van der Waals surface area contributed by atoms with Crippen LogP contribution in [0.25, 0.3) is 10.2 Å². The second-order valence-electron chi connectivity index (χ2n) is 5.11. The summed E-state index contributed by atoms with van der Waals surface area (Å²) in [5.41, 5.74) is 2.73. The molecule has 1 aromatic heterocycles. The quantitative estimate of drug-likeness (QED) is 0.746. The topological polar surface area (TPSA) is 48.4 Å². The summed E-state index contributed by atoms with van der Waals surface area (Å²) < 4.78 is 12.3. The van der Waals surface area contributed by atoms with Crippen molar-refractivity contribution in [2.24, 2.45) is 0 Å². The number of aromatic nitrogens is 1. The van der Waals surface area contributed by atoms with Crippen molar-refractivity contribution < 1.29 is 14.3 Å². The lowest BCUT2D eigenvalue weighted by Crippen LogP contribution is -2.06. The van der Waals surface area contributed by atoms with E-state index in [1.807, 2.05) is 12.1 Å². The first-order chi connectivity index (χ1) is 10.2. The Morgan fingerprint density at radius 2 is 2.29 bits per heavy atom. The molecule has 1 aliphatic heterocycles. The van der Waals surface area contributed by atoms with Gasteiger partial charge in [0, 0.05) is 13.2 Å². The van der Waals surface area contributed by atoms with E-state index in [2.05, 4.69) is 20.9 Å². The normalized spacial score (nSPS) is 19.4. The number of nitrogens with zero attached hydrogens (tertiary/aromatic N) is 1. The van der Waals surface area contributed by atoms with Crippen molar-refractivity contribution in [1.29, 1.82) is 0 Å². The molecule has 1 fully saturated rings. The number of methoxy groups -OCH3 is 1. The van der Waals surface area contributed by atoms with Crippen molar-refractivity contribution in [3.8, 4) is 0 Å². The van der Waals surface area contributed by atoms with E-state index in [-0.39, 0.29) is 5.97 Å². The molecule has 1 unspecified atom stereocenters. The second kappa shape index (κ2) is 6.42. The van der Waals surface area contributed by atoms with Gasteiger partial charge in [0.05, 0.1) is 22.9 Å². The lowest BCUT2D eigenvalue weighted by atomic mass is 9.90. The number of carbonyl (C=O) groups is 1. The molecule has 0 spiro atoms. The molecule has 2 heterocycles. The largest absolute Gasteiger partial charge is 0.465 e. The lowest BCUT2D eigenvalue weighted by molar-refractivity contribution is 0.0601. The zero-order valence-corrected chi connectivity index (χ0v) is 14.1. The number of rotatable bonds is 2. The highest BCUT2D eigenvalue weighted by atomic mass is 79.9. The number of hydrogen-bond donors (Lipinski definition) is 0. The molecule has 0 N–H and O–H groups in total. The molecule has 0 saturated carbocycles. The highest BCUT2D eigenvalue weighted by Gasteiger charge is 2.21. The van der Waals surface area contributed by atoms with Crippen LogP contribution in [-0.4, -0.2) is 31.3 Å². The van der Waals surface area contributed by atoms with E-state index < -0.39 is 0 Å². The molecule has 0 aliphatic carbocycles. The van der Waals surface area contributed by atoms with Gasteiger partial charge in [0.2, 0.25) is 0 Å². The molecule has 1 saturated heterocycles. The number of esters is 1. The Kier molecular flexibility index (Phi) is 4.57. The first kappa shape index (κ1) is 14.9. The summed E-state index contributed by atoms with van der Waals surface area (Å²) in [5, 5.41) is 0. The van der Waals surface area contributed by atoms with Gasteiger partial charge in [-0.1, -0.05) is 0 Å². The molecule has 0 radical (unpaired) electrons. The summed E-state index contributed by atoms with van der Waals surface area (Å²) in [6.07, 6.45) is 3.07. The second-order valence-corrected chi connectivity index (χ2v) is 7.42. The van der Waals surface area contributed by atoms with E-state index in [4.69, 9.17) is 9.47 Å². The first-order valence-corrected chi connectivity index (χ1v) is 8.56. The molecule has 0 bridgehead atoms. The molecule has 1 aromatic carbocycles. The molecule has 112 valence electrons. The Morgan fingerprint density at radius 1 is 1.43 bits per heavy atom. The van der Waals surface area contributed by atoms with Gasteiger partial charge in [0.25, 0.3) is 0 Å². The average molecular weight is 370 g/mol. The maximum atomic E-state index is 11.9. The third-order valence-electron chi connectivity index (χ3n) is 3.81. The minimum atomic E-state index is -0.299. The summed E-state index contributed by atoms with van der Waals surface area (Å²) in [7, 11) is 1.41. The highest BCUT2D eigenvalue weighted by Crippen LogP contribution is 2.37. The smallest absolute Gasteiger partial charge is 0.337 e. The number of carbonyl (C=O) groups excluding carboxylic acids is 1. The van der Waals surface area contributed by atoms with Crippen molar-refractivity contribution in [2.75, 3.05) is 20.3 Å². The maximum Gasteiger partial charge on any atom is 0.337 e. The van der Waals surface area contributed by atoms with Crippen molar-refractivity contribution in [3.63, 3.8) is 0 Å². The summed E-state index contributed by atoms with van der Waals surface area (Å²) in [4.78, 5) is 16.5. The number of benzene rings is 1. The molecular formula is C15H16BrNO3S. The zero-order chi connectivity index (χ0) is 14.8. The minimum absolute atomic E-state index is 0.299. The van der Waals surface area contributed by atoms with Gasteiger partial charge in [-0.25, -0.2) is 9.78 Å². The lowest BCUT2D eigenvalue weighted by Gasteiger charge is -2.15. The predicted molar refractivity (Wildman–Crippen MR) is 86.1 cm³/mol. The van der Waals surface area contributed by atoms with Gasteiger partial charge in [-0.15, -0.1) is 11.3 Å². The fraction of sp³-hybridized carbons (Fsp3) is 0.467. The van der Waals surface area contributed by atoms with Crippen molar-refractivity contribution in [2.45, 2.75) is 25.2 Å². The van der Waals surface area contributed by atoms with Crippen LogP contribution in [0.5, 0.6) is 0 Å². The molecular weight excluding hydrogens is 354 g/mol. The number of ether oxygens (including phenoxy) is 2. The van der Waals surface area contributed by atoms with Crippen molar-refractivity contribution in [3.05, 3.63) is 27.2 Å². The van der Waals surface area contributed by atoms with Gasteiger partial charge in [-0.05, 0) is 58.8 Å². The van der Waals surface area contributed by atoms with Crippen LogP contribution in [0.4, 0.5) is 0 Å². The molecule has 3 rings (SSSR count). The van der Waals surface area contributed by atoms with Crippen LogP contribution in [0, 0.1) is 0 Å². The van der Waals surface area contributed by atoms with E-state index in [0.29, 0.717) is 11.5 Å². The fourth-order valence-corrected chi connectivity index (χ4v) is 4.25. The van der Waals surface area contributed by atoms with Gasteiger partial charge in [-0.3, -0.25) is 0 Å². The fourth-order valence-electron chi connectivity index (χ4n) is 2.79. The maximum absolute atomic E-state index is 11.9. The Balaban J connectivity index is 2.11. The molecule has 4 nitrogen and oxygen atoms in total. The Labute approximate surface area is 135 Å². The predicted octanol–water partition coefficient (Wildman–Crippen LogP) is 4.13. The van der Waals surface area contributed by atoms with Crippen LogP contribution in [0.2, 0.25) is 0 Å². The first-order valence-electron chi connectivity index (χ1n) is 6.95. The third-order valence-corrected chi connectivity index (χ3v) is 5.26. The Morgan fingerprint density at radius 3 is 3.10 bits per heavy atom. The third kappa shape index (κ3) is 3.12. The highest BCUT2D eigenvalue weighted by molar-refractivity contribution is 9.11. The summed E-state index contributed by atoms with van der Waals surface area (Å²) >= 11 is 4.99. The molecule has 1 atom stereocenters. The molecule has 21 heavy (non-hydrogen) atoms. The zero-order valence-electron chi connectivity index (χ0n) is 11.7. The standard InChI is InChI=1S/C15H16BrNO3S/c1-19-14(18)10-7-11(9-3-2-5-20-6-4-9)13-12(8-10)21-15(16)17-13/h7-9H,2-6H2,1H3. The van der Waals surface area contributed by atoms with Gasteiger partial charge in [0.1, 0.15) is 0 Å². The average Bonchev–Trinajstić information content (AvgIpc) is 2.70. The number of thiazole rings is 1. The van der Waals surface area contributed by atoms with Gasteiger partial charge >= 0.3 is 5.97 Å². The van der Waals surface area contributed by atoms with Crippen LogP contribution in [0.15, 0.2) is 16.0 Å².